The van der Waals surface area contributed by atoms with E-state index in [0.717, 1.165) is 24.6 Å². The van der Waals surface area contributed by atoms with Crippen molar-refractivity contribution >= 4 is 28.9 Å². The molecule has 3 nitrogen and oxygen atoms in total. The molecule has 0 bridgehead atoms. The molecule has 1 heterocycles. The Balaban J connectivity index is 1.54. The van der Waals surface area contributed by atoms with Crippen LogP contribution < -0.4 is 4.90 Å². The number of piperidine rings is 1. The Labute approximate surface area is 227 Å². The van der Waals surface area contributed by atoms with E-state index < -0.39 is 0 Å². The number of hydrogen-bond donors (Lipinski definition) is 0. The molecule has 3 heteroatoms. The summed E-state index contributed by atoms with van der Waals surface area (Å²) in [5, 5.41) is 0. The van der Waals surface area contributed by atoms with Crippen LogP contribution in [0.15, 0.2) is 84.9 Å². The van der Waals surface area contributed by atoms with E-state index in [0.29, 0.717) is 12.5 Å². The van der Waals surface area contributed by atoms with Gasteiger partial charge in [0.2, 0.25) is 0 Å². The summed E-state index contributed by atoms with van der Waals surface area (Å²) in [5.74, 6) is 1.09. The van der Waals surface area contributed by atoms with Gasteiger partial charge in [0.05, 0.1) is 6.61 Å². The molecule has 2 aliphatic rings. The van der Waals surface area contributed by atoms with Gasteiger partial charge in [0, 0.05) is 24.9 Å². The fraction of sp³-hybridized carbons (Fsp3) is 0.343. The van der Waals surface area contributed by atoms with E-state index in [2.05, 4.69) is 90.7 Å². The van der Waals surface area contributed by atoms with Crippen LogP contribution in [-0.2, 0) is 9.53 Å². The fourth-order valence-corrected chi connectivity index (χ4v) is 5.60. The lowest BCUT2D eigenvalue weighted by Gasteiger charge is -2.33. The van der Waals surface area contributed by atoms with Crippen LogP contribution in [-0.4, -0.2) is 25.7 Å². The van der Waals surface area contributed by atoms with Crippen LogP contribution in [0, 0.1) is 11.8 Å². The summed E-state index contributed by atoms with van der Waals surface area (Å²) >= 11 is 0. The van der Waals surface area contributed by atoms with E-state index in [1.165, 1.54) is 71.7 Å². The van der Waals surface area contributed by atoms with E-state index in [9.17, 15) is 4.79 Å². The Kier molecular flexibility index (Phi) is 8.43. The minimum atomic E-state index is -0.309. The molecule has 0 amide bonds. The Morgan fingerprint density at radius 3 is 2.05 bits per heavy atom. The quantitative estimate of drug-likeness (QED) is 0.175. The molecule has 2 fully saturated rings. The molecule has 1 saturated carbocycles. The van der Waals surface area contributed by atoms with Crippen molar-refractivity contribution < 1.29 is 9.53 Å². The van der Waals surface area contributed by atoms with Crippen LogP contribution in [0.5, 0.6) is 0 Å². The highest BCUT2D eigenvalue weighted by Crippen LogP contribution is 2.45. The Morgan fingerprint density at radius 1 is 0.842 bits per heavy atom. The lowest BCUT2D eigenvalue weighted by atomic mass is 9.73. The molecule has 196 valence electrons. The second-order valence-electron chi connectivity index (χ2n) is 10.7. The lowest BCUT2D eigenvalue weighted by molar-refractivity contribution is -0.137. The van der Waals surface area contributed by atoms with E-state index in [-0.39, 0.29) is 5.97 Å². The largest absolute Gasteiger partial charge is 0.463 e. The summed E-state index contributed by atoms with van der Waals surface area (Å²) in [7, 11) is 0. The first kappa shape index (κ1) is 26.0. The van der Waals surface area contributed by atoms with Gasteiger partial charge in [0.15, 0.2) is 0 Å². The van der Waals surface area contributed by atoms with Crippen molar-refractivity contribution in [2.45, 2.75) is 46.0 Å². The van der Waals surface area contributed by atoms with E-state index in [1.807, 2.05) is 13.0 Å². The molecule has 0 atom stereocenters. The number of carbonyl (C=O) groups is 1. The van der Waals surface area contributed by atoms with Crippen molar-refractivity contribution in [3.8, 4) is 0 Å². The lowest BCUT2D eigenvalue weighted by Crippen LogP contribution is -2.32. The van der Waals surface area contributed by atoms with Gasteiger partial charge in [-0.05, 0) is 96.1 Å². The fourth-order valence-electron chi connectivity index (χ4n) is 5.60. The average molecular weight is 506 g/mol. The maximum absolute atomic E-state index is 11.8. The number of esters is 1. The molecule has 3 aromatic rings. The number of ether oxygens (including phenoxy) is 1. The Hall–Kier alpha value is -3.59. The number of carbonyl (C=O) groups excluding carboxylic acids is 1. The number of nitrogens with zero attached hydrogens (tertiary/aromatic N) is 1. The van der Waals surface area contributed by atoms with Crippen LogP contribution in [0.2, 0.25) is 0 Å². The minimum Gasteiger partial charge on any atom is -0.463 e. The molecule has 1 saturated heterocycles. The first-order valence-corrected chi connectivity index (χ1v) is 14.2. The van der Waals surface area contributed by atoms with Crippen molar-refractivity contribution in [1.29, 1.82) is 0 Å². The minimum absolute atomic E-state index is 0.309. The van der Waals surface area contributed by atoms with E-state index in [4.69, 9.17) is 4.74 Å². The summed E-state index contributed by atoms with van der Waals surface area (Å²) in [6.07, 6.45) is 9.62. The molecule has 38 heavy (non-hydrogen) atoms. The number of allylic oxidation sites excluding steroid dienone is 1. The second-order valence-corrected chi connectivity index (χ2v) is 10.7. The van der Waals surface area contributed by atoms with Crippen LogP contribution in [0.1, 0.15) is 68.2 Å². The van der Waals surface area contributed by atoms with Gasteiger partial charge in [-0.25, -0.2) is 4.79 Å². The summed E-state index contributed by atoms with van der Waals surface area (Å²) in [6, 6.07) is 28.7. The molecule has 5 rings (SSSR count). The van der Waals surface area contributed by atoms with Crippen molar-refractivity contribution in [1.82, 2.24) is 0 Å². The highest BCUT2D eigenvalue weighted by atomic mass is 16.5. The zero-order valence-corrected chi connectivity index (χ0v) is 22.7. The molecule has 0 aromatic heterocycles. The Morgan fingerprint density at radius 2 is 1.47 bits per heavy atom. The number of hydrogen-bond acceptors (Lipinski definition) is 3. The van der Waals surface area contributed by atoms with Gasteiger partial charge in [-0.15, -0.1) is 0 Å². The average Bonchev–Trinajstić information content (AvgIpc) is 2.93. The van der Waals surface area contributed by atoms with Gasteiger partial charge < -0.3 is 9.64 Å². The van der Waals surface area contributed by atoms with Crippen molar-refractivity contribution in [3.05, 3.63) is 107 Å². The highest BCUT2D eigenvalue weighted by molar-refractivity contribution is 6.00. The van der Waals surface area contributed by atoms with Crippen LogP contribution in [0.4, 0.5) is 5.69 Å². The first-order chi connectivity index (χ1) is 18.6. The summed E-state index contributed by atoms with van der Waals surface area (Å²) in [6.45, 7) is 6.85. The third-order valence-electron chi connectivity index (χ3n) is 8.07. The highest BCUT2D eigenvalue weighted by Gasteiger charge is 2.27. The topological polar surface area (TPSA) is 29.5 Å². The summed E-state index contributed by atoms with van der Waals surface area (Å²) in [4.78, 5) is 14.3. The molecular weight excluding hydrogens is 466 g/mol. The van der Waals surface area contributed by atoms with Gasteiger partial charge in [-0.2, -0.15) is 0 Å². The molecule has 0 unspecified atom stereocenters. The van der Waals surface area contributed by atoms with Gasteiger partial charge in [-0.3, -0.25) is 0 Å². The summed E-state index contributed by atoms with van der Waals surface area (Å²) < 4.78 is 5.03. The maximum atomic E-state index is 11.8. The van der Waals surface area contributed by atoms with Crippen LogP contribution in [0.3, 0.4) is 0 Å². The zero-order chi connectivity index (χ0) is 26.3. The Bertz CT molecular complexity index is 1260. The van der Waals surface area contributed by atoms with Gasteiger partial charge in [-0.1, -0.05) is 80.1 Å². The van der Waals surface area contributed by atoms with Gasteiger partial charge in [0.1, 0.15) is 0 Å². The third kappa shape index (κ3) is 6.10. The molecule has 0 radical (unpaired) electrons. The molecule has 1 aliphatic heterocycles. The third-order valence-corrected chi connectivity index (χ3v) is 8.07. The number of rotatable bonds is 8. The van der Waals surface area contributed by atoms with Crippen molar-refractivity contribution in [2.24, 2.45) is 11.8 Å². The molecule has 1 aliphatic carbocycles. The second kappa shape index (κ2) is 12.3. The van der Waals surface area contributed by atoms with Gasteiger partial charge in [0.25, 0.3) is 0 Å². The normalized spacial score (nSPS) is 17.3. The van der Waals surface area contributed by atoms with E-state index in [1.54, 1.807) is 0 Å². The van der Waals surface area contributed by atoms with Crippen LogP contribution in [0.25, 0.3) is 17.2 Å². The van der Waals surface area contributed by atoms with Gasteiger partial charge >= 0.3 is 5.97 Å². The van der Waals surface area contributed by atoms with E-state index >= 15 is 0 Å². The number of benzene rings is 3. The predicted octanol–water partition coefficient (Wildman–Crippen LogP) is 8.26. The summed E-state index contributed by atoms with van der Waals surface area (Å²) in [5.41, 5.74) is 8.87. The SMILES string of the molecule is CCOC(=O)/C=C/c1ccc(/C(=C(\c2ccccc2)C2CCC2)c2ccc(N3CCC(C)CC3)cc2)cc1. The molecular formula is C35H39NO2. The molecule has 3 aromatic carbocycles. The monoisotopic (exact) mass is 505 g/mol. The predicted molar refractivity (Wildman–Crippen MR) is 159 cm³/mol. The first-order valence-electron chi connectivity index (χ1n) is 14.2. The number of anilines is 1. The smallest absolute Gasteiger partial charge is 0.330 e. The molecule has 0 spiro atoms. The van der Waals surface area contributed by atoms with Crippen molar-refractivity contribution in [2.75, 3.05) is 24.6 Å². The van der Waals surface area contributed by atoms with Crippen molar-refractivity contribution in [3.63, 3.8) is 0 Å². The molecule has 0 N–H and O–H groups in total. The maximum Gasteiger partial charge on any atom is 0.330 e. The standard InChI is InChI=1S/C35H39NO2/c1-3-38-33(37)21-14-27-12-15-30(16-13-27)35(34(29-10-7-11-29)28-8-5-4-6-9-28)31-17-19-32(20-18-31)36-24-22-26(2)23-25-36/h4-6,8-9,12-21,26,29H,3,7,10-11,22-25H2,1-2H3/b21-14+,35-34-. The zero-order valence-electron chi connectivity index (χ0n) is 22.7. The van der Waals surface area contributed by atoms with Crippen LogP contribution >= 0.6 is 0 Å².